The van der Waals surface area contributed by atoms with E-state index in [1.54, 1.807) is 0 Å². The summed E-state index contributed by atoms with van der Waals surface area (Å²) in [5, 5.41) is 3.47. The van der Waals surface area contributed by atoms with Crippen molar-refractivity contribution in [2.24, 2.45) is 5.92 Å². The average molecular weight is 279 g/mol. The highest BCUT2D eigenvalue weighted by molar-refractivity contribution is 5.46. The minimum absolute atomic E-state index is 0.648. The molecular formula is C17H29NO2. The third kappa shape index (κ3) is 5.83. The number of ether oxygens (including phenoxy) is 2. The van der Waals surface area contributed by atoms with Crippen LogP contribution in [0, 0.1) is 5.92 Å². The molecule has 0 aliphatic heterocycles. The van der Waals surface area contributed by atoms with Gasteiger partial charge in [0.15, 0.2) is 11.5 Å². The topological polar surface area (TPSA) is 30.5 Å². The predicted octanol–water partition coefficient (Wildman–Crippen LogP) is 4.01. The summed E-state index contributed by atoms with van der Waals surface area (Å²) in [6, 6.07) is 6.12. The lowest BCUT2D eigenvalue weighted by molar-refractivity contribution is 0.269. The third-order valence-corrected chi connectivity index (χ3v) is 2.97. The van der Waals surface area contributed by atoms with E-state index < -0.39 is 0 Å². The molecule has 0 fully saturated rings. The Bertz CT molecular complexity index is 377. The first-order chi connectivity index (χ1) is 9.69. The number of nitrogens with one attached hydrogen (secondary N) is 1. The Labute approximate surface area is 123 Å². The highest BCUT2D eigenvalue weighted by atomic mass is 16.5. The van der Waals surface area contributed by atoms with Gasteiger partial charge in [0.2, 0.25) is 0 Å². The normalized spacial score (nSPS) is 10.8. The second-order valence-corrected chi connectivity index (χ2v) is 5.40. The fourth-order valence-corrected chi connectivity index (χ4v) is 1.95. The van der Waals surface area contributed by atoms with Crippen molar-refractivity contribution >= 4 is 0 Å². The van der Waals surface area contributed by atoms with Crippen LogP contribution in [0.5, 0.6) is 11.5 Å². The van der Waals surface area contributed by atoms with Crippen molar-refractivity contribution in [1.29, 1.82) is 0 Å². The van der Waals surface area contributed by atoms with E-state index in [0.29, 0.717) is 12.5 Å². The summed E-state index contributed by atoms with van der Waals surface area (Å²) >= 11 is 0. The second-order valence-electron chi connectivity index (χ2n) is 5.40. The molecule has 20 heavy (non-hydrogen) atoms. The molecule has 1 N–H and O–H groups in total. The first kappa shape index (κ1) is 16.8. The van der Waals surface area contributed by atoms with Crippen molar-refractivity contribution in [3.63, 3.8) is 0 Å². The molecule has 1 aromatic rings. The predicted molar refractivity (Wildman–Crippen MR) is 84.6 cm³/mol. The molecule has 1 aromatic carbocycles. The van der Waals surface area contributed by atoms with Crippen LogP contribution in [0.3, 0.4) is 0 Å². The van der Waals surface area contributed by atoms with E-state index in [9.17, 15) is 0 Å². The smallest absolute Gasteiger partial charge is 0.165 e. The van der Waals surface area contributed by atoms with Crippen molar-refractivity contribution in [2.45, 2.75) is 47.1 Å². The van der Waals surface area contributed by atoms with Gasteiger partial charge in [0, 0.05) is 12.1 Å². The quantitative estimate of drug-likeness (QED) is 0.656. The van der Waals surface area contributed by atoms with Crippen LogP contribution in [-0.4, -0.2) is 19.8 Å². The van der Waals surface area contributed by atoms with Crippen LogP contribution in [0.2, 0.25) is 0 Å². The van der Waals surface area contributed by atoms with Crippen LogP contribution in [0.1, 0.15) is 46.1 Å². The molecule has 1 rings (SSSR count). The van der Waals surface area contributed by atoms with Gasteiger partial charge < -0.3 is 14.8 Å². The summed E-state index contributed by atoms with van der Waals surface area (Å²) in [4.78, 5) is 0. The molecule has 0 atom stereocenters. The molecular weight excluding hydrogens is 250 g/mol. The second kappa shape index (κ2) is 9.65. The van der Waals surface area contributed by atoms with Crippen LogP contribution < -0.4 is 14.8 Å². The Balaban J connectivity index is 2.75. The van der Waals surface area contributed by atoms with Crippen LogP contribution in [-0.2, 0) is 6.54 Å². The zero-order valence-electron chi connectivity index (χ0n) is 13.4. The molecule has 0 aliphatic rings. The van der Waals surface area contributed by atoms with Crippen molar-refractivity contribution in [3.8, 4) is 11.5 Å². The SMILES string of the molecule is CCCCOc1c(CNCC(C)C)cccc1OCC. The van der Waals surface area contributed by atoms with Crippen molar-refractivity contribution in [3.05, 3.63) is 23.8 Å². The molecule has 0 amide bonds. The van der Waals surface area contributed by atoms with E-state index in [1.165, 1.54) is 5.56 Å². The molecule has 0 unspecified atom stereocenters. The van der Waals surface area contributed by atoms with Crippen molar-refractivity contribution in [2.75, 3.05) is 19.8 Å². The Morgan fingerprint density at radius 3 is 2.60 bits per heavy atom. The van der Waals surface area contributed by atoms with Gasteiger partial charge in [-0.15, -0.1) is 0 Å². The summed E-state index contributed by atoms with van der Waals surface area (Å²) in [5.74, 6) is 2.40. The summed E-state index contributed by atoms with van der Waals surface area (Å²) in [6.45, 7) is 11.8. The van der Waals surface area contributed by atoms with Crippen LogP contribution in [0.4, 0.5) is 0 Å². The van der Waals surface area contributed by atoms with Gasteiger partial charge in [-0.1, -0.05) is 39.3 Å². The summed E-state index contributed by atoms with van der Waals surface area (Å²) < 4.78 is 11.6. The Morgan fingerprint density at radius 2 is 1.95 bits per heavy atom. The largest absolute Gasteiger partial charge is 0.490 e. The Hall–Kier alpha value is -1.22. The van der Waals surface area contributed by atoms with Gasteiger partial charge in [-0.05, 0) is 31.9 Å². The molecule has 0 saturated carbocycles. The summed E-state index contributed by atoms with van der Waals surface area (Å²) in [7, 11) is 0. The van der Waals surface area contributed by atoms with Gasteiger partial charge in [-0.2, -0.15) is 0 Å². The van der Waals surface area contributed by atoms with Gasteiger partial charge in [0.1, 0.15) is 0 Å². The summed E-state index contributed by atoms with van der Waals surface area (Å²) in [6.07, 6.45) is 2.21. The first-order valence-electron chi connectivity index (χ1n) is 7.77. The minimum atomic E-state index is 0.648. The molecule has 0 aromatic heterocycles. The first-order valence-corrected chi connectivity index (χ1v) is 7.77. The molecule has 114 valence electrons. The molecule has 0 bridgehead atoms. The van der Waals surface area contributed by atoms with Crippen LogP contribution >= 0.6 is 0 Å². The fourth-order valence-electron chi connectivity index (χ4n) is 1.95. The summed E-state index contributed by atoms with van der Waals surface area (Å²) in [5.41, 5.74) is 1.17. The molecule has 0 radical (unpaired) electrons. The Kier molecular flexibility index (Phi) is 8.12. The molecule has 3 nitrogen and oxygen atoms in total. The zero-order chi connectivity index (χ0) is 14.8. The lowest BCUT2D eigenvalue weighted by Crippen LogP contribution is -2.19. The third-order valence-electron chi connectivity index (χ3n) is 2.97. The van der Waals surface area contributed by atoms with E-state index in [2.05, 4.69) is 32.2 Å². The monoisotopic (exact) mass is 279 g/mol. The lowest BCUT2D eigenvalue weighted by Gasteiger charge is -2.16. The van der Waals surface area contributed by atoms with Gasteiger partial charge in [-0.3, -0.25) is 0 Å². The van der Waals surface area contributed by atoms with Crippen molar-refractivity contribution in [1.82, 2.24) is 5.32 Å². The molecule has 0 aliphatic carbocycles. The van der Waals surface area contributed by atoms with Gasteiger partial charge in [-0.25, -0.2) is 0 Å². The molecule has 0 spiro atoms. The van der Waals surface area contributed by atoms with E-state index in [4.69, 9.17) is 9.47 Å². The Morgan fingerprint density at radius 1 is 1.15 bits per heavy atom. The number of para-hydroxylation sites is 1. The zero-order valence-corrected chi connectivity index (χ0v) is 13.4. The number of rotatable bonds is 10. The average Bonchev–Trinajstić information content (AvgIpc) is 2.41. The molecule has 3 heteroatoms. The van der Waals surface area contributed by atoms with E-state index in [-0.39, 0.29) is 0 Å². The number of benzene rings is 1. The fraction of sp³-hybridized carbons (Fsp3) is 0.647. The van der Waals surface area contributed by atoms with Crippen LogP contribution in [0.25, 0.3) is 0 Å². The van der Waals surface area contributed by atoms with Gasteiger partial charge in [0.25, 0.3) is 0 Å². The molecule has 0 heterocycles. The van der Waals surface area contributed by atoms with E-state index in [0.717, 1.165) is 44.0 Å². The maximum absolute atomic E-state index is 5.95. The number of hydrogen-bond donors (Lipinski definition) is 1. The van der Waals surface area contributed by atoms with E-state index in [1.807, 2.05) is 19.1 Å². The number of unbranched alkanes of at least 4 members (excludes halogenated alkanes) is 1. The van der Waals surface area contributed by atoms with Gasteiger partial charge >= 0.3 is 0 Å². The minimum Gasteiger partial charge on any atom is -0.490 e. The number of hydrogen-bond acceptors (Lipinski definition) is 3. The highest BCUT2D eigenvalue weighted by Gasteiger charge is 2.10. The lowest BCUT2D eigenvalue weighted by atomic mass is 10.1. The maximum Gasteiger partial charge on any atom is 0.165 e. The molecule has 0 saturated heterocycles. The van der Waals surface area contributed by atoms with E-state index >= 15 is 0 Å². The van der Waals surface area contributed by atoms with Gasteiger partial charge in [0.05, 0.1) is 13.2 Å². The van der Waals surface area contributed by atoms with Crippen molar-refractivity contribution < 1.29 is 9.47 Å². The standard InChI is InChI=1S/C17H29NO2/c1-5-7-11-20-17-15(13-18-12-14(3)4)9-8-10-16(17)19-6-2/h8-10,14,18H,5-7,11-13H2,1-4H3. The van der Waals surface area contributed by atoms with Crippen LogP contribution in [0.15, 0.2) is 18.2 Å². The highest BCUT2D eigenvalue weighted by Crippen LogP contribution is 2.31. The maximum atomic E-state index is 5.95.